The van der Waals surface area contributed by atoms with Crippen molar-refractivity contribution in [1.29, 1.82) is 0 Å². The summed E-state index contributed by atoms with van der Waals surface area (Å²) < 4.78 is 7.22. The SMILES string of the molecule is Cn1ncnc1COc1ccccc1CO. The molecule has 1 aromatic heterocycles. The number of aryl methyl sites for hydroxylation is 1. The number of benzene rings is 1. The molecule has 0 fully saturated rings. The van der Waals surface area contributed by atoms with Gasteiger partial charge in [-0.25, -0.2) is 4.98 Å². The number of hydrogen-bond donors (Lipinski definition) is 1. The summed E-state index contributed by atoms with van der Waals surface area (Å²) in [6.07, 6.45) is 1.48. The number of nitrogens with zero attached hydrogens (tertiary/aromatic N) is 3. The molecule has 1 aromatic carbocycles. The topological polar surface area (TPSA) is 60.2 Å². The third kappa shape index (κ3) is 2.20. The highest BCUT2D eigenvalue weighted by atomic mass is 16.5. The van der Waals surface area contributed by atoms with Crippen LogP contribution in [-0.4, -0.2) is 19.9 Å². The summed E-state index contributed by atoms with van der Waals surface area (Å²) in [6, 6.07) is 7.37. The Morgan fingerprint density at radius 1 is 1.38 bits per heavy atom. The Balaban J connectivity index is 2.07. The smallest absolute Gasteiger partial charge is 0.164 e. The van der Waals surface area contributed by atoms with Crippen LogP contribution >= 0.6 is 0 Å². The van der Waals surface area contributed by atoms with Crippen molar-refractivity contribution in [2.24, 2.45) is 7.05 Å². The maximum atomic E-state index is 9.12. The normalized spacial score (nSPS) is 10.4. The Morgan fingerprint density at radius 2 is 2.19 bits per heavy atom. The van der Waals surface area contributed by atoms with Gasteiger partial charge in [0.05, 0.1) is 6.61 Å². The van der Waals surface area contributed by atoms with Crippen molar-refractivity contribution in [2.45, 2.75) is 13.2 Å². The lowest BCUT2D eigenvalue weighted by Gasteiger charge is -2.08. The molecule has 0 bridgehead atoms. The number of aromatic nitrogens is 3. The van der Waals surface area contributed by atoms with E-state index in [4.69, 9.17) is 9.84 Å². The van der Waals surface area contributed by atoms with Crippen LogP contribution in [0.3, 0.4) is 0 Å². The molecule has 0 radical (unpaired) electrons. The predicted octanol–water partition coefficient (Wildman–Crippen LogP) is 0.886. The number of aliphatic hydroxyl groups excluding tert-OH is 1. The van der Waals surface area contributed by atoms with Crippen LogP contribution < -0.4 is 4.74 Å². The van der Waals surface area contributed by atoms with Gasteiger partial charge in [-0.2, -0.15) is 5.10 Å². The van der Waals surface area contributed by atoms with E-state index in [-0.39, 0.29) is 6.61 Å². The highest BCUT2D eigenvalue weighted by Gasteiger charge is 2.04. The second-order valence-electron chi connectivity index (χ2n) is 3.35. The minimum absolute atomic E-state index is 0.0327. The Bertz CT molecular complexity index is 468. The maximum Gasteiger partial charge on any atom is 0.164 e. The summed E-state index contributed by atoms with van der Waals surface area (Å²) in [5.74, 6) is 1.42. The number of rotatable bonds is 4. The summed E-state index contributed by atoms with van der Waals surface area (Å²) in [5.41, 5.74) is 0.768. The molecule has 5 heteroatoms. The van der Waals surface area contributed by atoms with Gasteiger partial charge in [0.2, 0.25) is 0 Å². The van der Waals surface area contributed by atoms with E-state index in [1.54, 1.807) is 4.68 Å². The summed E-state index contributed by atoms with van der Waals surface area (Å²) in [5, 5.41) is 13.1. The maximum absolute atomic E-state index is 9.12. The van der Waals surface area contributed by atoms with Crippen molar-refractivity contribution >= 4 is 0 Å². The number of hydrogen-bond acceptors (Lipinski definition) is 4. The molecule has 1 heterocycles. The molecule has 84 valence electrons. The average molecular weight is 219 g/mol. The van der Waals surface area contributed by atoms with Gasteiger partial charge >= 0.3 is 0 Å². The van der Waals surface area contributed by atoms with Crippen LogP contribution in [0.5, 0.6) is 5.75 Å². The highest BCUT2D eigenvalue weighted by molar-refractivity contribution is 5.32. The van der Waals surface area contributed by atoms with Crippen LogP contribution in [0.1, 0.15) is 11.4 Å². The van der Waals surface area contributed by atoms with Gasteiger partial charge in [0.1, 0.15) is 18.7 Å². The fourth-order valence-corrected chi connectivity index (χ4v) is 1.37. The van der Waals surface area contributed by atoms with Crippen LogP contribution in [0.15, 0.2) is 30.6 Å². The fourth-order valence-electron chi connectivity index (χ4n) is 1.37. The largest absolute Gasteiger partial charge is 0.485 e. The summed E-state index contributed by atoms with van der Waals surface area (Å²) in [6.45, 7) is 0.308. The van der Waals surface area contributed by atoms with Gasteiger partial charge in [0, 0.05) is 12.6 Å². The van der Waals surface area contributed by atoms with Crippen molar-refractivity contribution < 1.29 is 9.84 Å². The Labute approximate surface area is 93.3 Å². The van der Waals surface area contributed by atoms with Crippen molar-refractivity contribution in [3.63, 3.8) is 0 Å². The molecule has 1 N–H and O–H groups in total. The van der Waals surface area contributed by atoms with Crippen molar-refractivity contribution in [2.75, 3.05) is 0 Å². The standard InChI is InChI=1S/C11H13N3O2/c1-14-11(12-8-13-14)7-16-10-5-3-2-4-9(10)6-15/h2-5,8,15H,6-7H2,1H3. The Hall–Kier alpha value is -1.88. The first-order valence-corrected chi connectivity index (χ1v) is 4.95. The molecule has 0 aliphatic carbocycles. The van der Waals surface area contributed by atoms with E-state index in [0.717, 1.165) is 11.4 Å². The fraction of sp³-hybridized carbons (Fsp3) is 0.273. The molecule has 0 atom stereocenters. The van der Waals surface area contributed by atoms with Crippen molar-refractivity contribution in [1.82, 2.24) is 14.8 Å². The van der Waals surface area contributed by atoms with Crippen LogP contribution in [-0.2, 0) is 20.3 Å². The molecule has 0 unspecified atom stereocenters. The third-order valence-corrected chi connectivity index (χ3v) is 2.30. The first-order valence-electron chi connectivity index (χ1n) is 4.95. The summed E-state index contributed by atoms with van der Waals surface area (Å²) in [4.78, 5) is 4.05. The first-order chi connectivity index (χ1) is 7.81. The minimum atomic E-state index is -0.0327. The number of aliphatic hydroxyl groups is 1. The second-order valence-corrected chi connectivity index (χ2v) is 3.35. The summed E-state index contributed by atoms with van der Waals surface area (Å²) in [7, 11) is 1.81. The zero-order valence-corrected chi connectivity index (χ0v) is 9.00. The molecule has 0 saturated carbocycles. The Kier molecular flexibility index (Phi) is 3.16. The number of para-hydroxylation sites is 1. The van der Waals surface area contributed by atoms with Gasteiger partial charge in [0.25, 0.3) is 0 Å². The van der Waals surface area contributed by atoms with Crippen molar-refractivity contribution in [3.8, 4) is 5.75 Å². The van der Waals surface area contributed by atoms with Gasteiger partial charge < -0.3 is 9.84 Å². The molecule has 0 saturated heterocycles. The average Bonchev–Trinajstić information content (AvgIpc) is 2.72. The highest BCUT2D eigenvalue weighted by Crippen LogP contribution is 2.18. The molecule has 0 aliphatic rings. The van der Waals surface area contributed by atoms with Gasteiger partial charge in [-0.15, -0.1) is 0 Å². The molecule has 2 aromatic rings. The van der Waals surface area contributed by atoms with Crippen LogP contribution in [0, 0.1) is 0 Å². The minimum Gasteiger partial charge on any atom is -0.485 e. The van der Waals surface area contributed by atoms with Crippen LogP contribution in [0.25, 0.3) is 0 Å². The molecular weight excluding hydrogens is 206 g/mol. The van der Waals surface area contributed by atoms with Gasteiger partial charge in [-0.1, -0.05) is 18.2 Å². The molecule has 0 spiro atoms. The van der Waals surface area contributed by atoms with Gasteiger partial charge in [-0.05, 0) is 6.07 Å². The Morgan fingerprint density at radius 3 is 2.88 bits per heavy atom. The second kappa shape index (κ2) is 4.76. The third-order valence-electron chi connectivity index (χ3n) is 2.30. The molecule has 0 amide bonds. The lowest BCUT2D eigenvalue weighted by Crippen LogP contribution is -2.05. The van der Waals surface area contributed by atoms with Crippen molar-refractivity contribution in [3.05, 3.63) is 42.0 Å². The summed E-state index contributed by atoms with van der Waals surface area (Å²) >= 11 is 0. The molecule has 16 heavy (non-hydrogen) atoms. The van der Waals surface area contributed by atoms with E-state index in [9.17, 15) is 0 Å². The zero-order valence-electron chi connectivity index (χ0n) is 9.00. The van der Waals surface area contributed by atoms with Gasteiger partial charge in [0.15, 0.2) is 5.82 Å². The van der Waals surface area contributed by atoms with E-state index < -0.39 is 0 Å². The van der Waals surface area contributed by atoms with Crippen LogP contribution in [0.4, 0.5) is 0 Å². The van der Waals surface area contributed by atoms with E-state index in [1.165, 1.54) is 6.33 Å². The van der Waals surface area contributed by atoms with E-state index in [2.05, 4.69) is 10.1 Å². The molecule has 5 nitrogen and oxygen atoms in total. The molecular formula is C11H13N3O2. The van der Waals surface area contributed by atoms with E-state index >= 15 is 0 Å². The number of ether oxygens (including phenoxy) is 1. The van der Waals surface area contributed by atoms with Gasteiger partial charge in [-0.3, -0.25) is 4.68 Å². The quantitative estimate of drug-likeness (QED) is 0.829. The van der Waals surface area contributed by atoms with E-state index in [1.807, 2.05) is 31.3 Å². The molecule has 0 aliphatic heterocycles. The van der Waals surface area contributed by atoms with Crippen LogP contribution in [0.2, 0.25) is 0 Å². The lowest BCUT2D eigenvalue weighted by molar-refractivity contribution is 0.253. The first kappa shape index (κ1) is 10.6. The molecule has 2 rings (SSSR count). The predicted molar refractivity (Wildman–Crippen MR) is 57.7 cm³/mol. The monoisotopic (exact) mass is 219 g/mol. The zero-order chi connectivity index (χ0) is 11.4. The van der Waals surface area contributed by atoms with E-state index in [0.29, 0.717) is 12.4 Å². The lowest BCUT2D eigenvalue weighted by atomic mass is 10.2.